The summed E-state index contributed by atoms with van der Waals surface area (Å²) in [4.78, 5) is 15.1. The summed E-state index contributed by atoms with van der Waals surface area (Å²) in [5.74, 6) is 1.65. The first-order valence-electron chi connectivity index (χ1n) is 11.8. The molecule has 0 spiro atoms. The number of rotatable bonds is 8. The van der Waals surface area contributed by atoms with E-state index >= 15 is 0 Å². The minimum absolute atomic E-state index is 0.0181. The Kier molecular flexibility index (Phi) is 7.41. The Labute approximate surface area is 201 Å². The Morgan fingerprint density at radius 3 is 2.68 bits per heavy atom. The number of amides is 1. The SMILES string of the molecule is CCOc1ccc(CCNC(=O)C2CCCN(C3=NS(=O)(=O)c4ccccc43)C2)cc1OCC. The number of nitrogens with zero attached hydrogens (tertiary/aromatic N) is 2. The number of likely N-dealkylation sites (tertiary alicyclic amines) is 1. The fourth-order valence-electron chi connectivity index (χ4n) is 4.43. The lowest BCUT2D eigenvalue weighted by Crippen LogP contribution is -2.45. The zero-order valence-corrected chi connectivity index (χ0v) is 20.4. The van der Waals surface area contributed by atoms with E-state index in [1.165, 1.54) is 0 Å². The van der Waals surface area contributed by atoms with Gasteiger partial charge in [0.1, 0.15) is 4.90 Å². The van der Waals surface area contributed by atoms with Crippen molar-refractivity contribution in [2.24, 2.45) is 10.3 Å². The monoisotopic (exact) mass is 485 g/mol. The van der Waals surface area contributed by atoms with Crippen LogP contribution >= 0.6 is 0 Å². The van der Waals surface area contributed by atoms with Gasteiger partial charge in [-0.15, -0.1) is 4.40 Å². The van der Waals surface area contributed by atoms with Crippen molar-refractivity contribution in [2.75, 3.05) is 32.8 Å². The maximum Gasteiger partial charge on any atom is 0.285 e. The second-order valence-corrected chi connectivity index (χ2v) is 9.93. The van der Waals surface area contributed by atoms with E-state index in [4.69, 9.17) is 9.47 Å². The van der Waals surface area contributed by atoms with E-state index in [0.29, 0.717) is 56.4 Å². The number of fused-ring (bicyclic) bond motifs is 1. The van der Waals surface area contributed by atoms with Crippen LogP contribution in [0.5, 0.6) is 11.5 Å². The number of nitrogens with one attached hydrogen (secondary N) is 1. The molecule has 1 amide bonds. The van der Waals surface area contributed by atoms with Gasteiger partial charge in [0.15, 0.2) is 17.3 Å². The molecule has 1 fully saturated rings. The Balaban J connectivity index is 1.35. The maximum absolute atomic E-state index is 12.9. The lowest BCUT2D eigenvalue weighted by atomic mass is 9.96. The normalized spacial score (nSPS) is 18.7. The van der Waals surface area contributed by atoms with Crippen molar-refractivity contribution < 1.29 is 22.7 Å². The summed E-state index contributed by atoms with van der Waals surface area (Å²) in [5, 5.41) is 3.04. The molecule has 4 rings (SSSR count). The molecule has 2 aliphatic heterocycles. The van der Waals surface area contributed by atoms with Crippen molar-refractivity contribution >= 4 is 21.8 Å². The fraction of sp³-hybridized carbons (Fsp3) is 0.440. The molecular weight excluding hydrogens is 454 g/mol. The molecule has 1 unspecified atom stereocenters. The van der Waals surface area contributed by atoms with Crippen LogP contribution in [0.25, 0.3) is 0 Å². The first-order chi connectivity index (χ1) is 16.4. The molecule has 1 atom stereocenters. The minimum Gasteiger partial charge on any atom is -0.490 e. The second-order valence-electron chi connectivity index (χ2n) is 8.36. The molecule has 1 N–H and O–H groups in total. The van der Waals surface area contributed by atoms with E-state index < -0.39 is 10.0 Å². The van der Waals surface area contributed by atoms with Gasteiger partial charge in [0, 0.05) is 25.2 Å². The molecule has 0 saturated carbocycles. The molecule has 8 nitrogen and oxygen atoms in total. The lowest BCUT2D eigenvalue weighted by molar-refractivity contribution is -0.126. The smallest absolute Gasteiger partial charge is 0.285 e. The molecule has 34 heavy (non-hydrogen) atoms. The molecule has 182 valence electrons. The van der Waals surface area contributed by atoms with Gasteiger partial charge >= 0.3 is 0 Å². The van der Waals surface area contributed by atoms with Crippen LogP contribution in [-0.4, -0.2) is 57.9 Å². The van der Waals surface area contributed by atoms with E-state index in [9.17, 15) is 13.2 Å². The van der Waals surface area contributed by atoms with Crippen molar-refractivity contribution in [3.63, 3.8) is 0 Å². The second kappa shape index (κ2) is 10.5. The fourth-order valence-corrected chi connectivity index (χ4v) is 5.65. The first-order valence-corrected chi connectivity index (χ1v) is 13.2. The molecular formula is C25H31N3O5S. The topological polar surface area (TPSA) is 97.3 Å². The molecule has 2 aliphatic rings. The average Bonchev–Trinajstić information content (AvgIpc) is 3.12. The quantitative estimate of drug-likeness (QED) is 0.617. The summed E-state index contributed by atoms with van der Waals surface area (Å²) in [5.41, 5.74) is 1.67. The van der Waals surface area contributed by atoms with E-state index in [0.717, 1.165) is 24.2 Å². The predicted octanol–water partition coefficient (Wildman–Crippen LogP) is 3.00. The van der Waals surface area contributed by atoms with Crippen LogP contribution in [-0.2, 0) is 21.2 Å². The highest BCUT2D eigenvalue weighted by Crippen LogP contribution is 2.30. The number of carbonyl (C=O) groups excluding carboxylic acids is 1. The maximum atomic E-state index is 12.9. The number of hydrogen-bond acceptors (Lipinski definition) is 6. The molecule has 0 bridgehead atoms. The number of ether oxygens (including phenoxy) is 2. The third-order valence-corrected chi connectivity index (χ3v) is 7.35. The molecule has 1 saturated heterocycles. The third-order valence-electron chi connectivity index (χ3n) is 6.02. The van der Waals surface area contributed by atoms with Crippen LogP contribution in [0.3, 0.4) is 0 Å². The van der Waals surface area contributed by atoms with Gasteiger partial charge in [0.05, 0.1) is 19.1 Å². The Bertz CT molecular complexity index is 1180. The van der Waals surface area contributed by atoms with Crippen LogP contribution in [0.1, 0.15) is 37.8 Å². The lowest BCUT2D eigenvalue weighted by Gasteiger charge is -2.33. The molecule has 0 aromatic heterocycles. The van der Waals surface area contributed by atoms with Crippen LogP contribution in [0.4, 0.5) is 0 Å². The predicted molar refractivity (Wildman–Crippen MR) is 130 cm³/mol. The standard InChI is InChI=1S/C25H31N3O5S/c1-3-32-21-12-11-18(16-22(21)33-4-2)13-14-26-25(29)19-8-7-15-28(17-19)24-20-9-5-6-10-23(20)34(30,31)27-24/h5-6,9-12,16,19H,3-4,7-8,13-15,17H2,1-2H3,(H,26,29). The molecule has 9 heteroatoms. The van der Waals surface area contributed by atoms with Gasteiger partial charge in [-0.25, -0.2) is 0 Å². The van der Waals surface area contributed by atoms with Gasteiger partial charge in [-0.3, -0.25) is 4.79 Å². The number of piperidine rings is 1. The van der Waals surface area contributed by atoms with Crippen molar-refractivity contribution in [3.8, 4) is 11.5 Å². The minimum atomic E-state index is -3.67. The van der Waals surface area contributed by atoms with Crippen LogP contribution < -0.4 is 14.8 Å². The summed E-state index contributed by atoms with van der Waals surface area (Å²) < 4.78 is 40.1. The van der Waals surface area contributed by atoms with E-state index in [2.05, 4.69) is 9.71 Å². The summed E-state index contributed by atoms with van der Waals surface area (Å²) in [7, 11) is -3.67. The van der Waals surface area contributed by atoms with Gasteiger partial charge in [0.25, 0.3) is 10.0 Å². The Morgan fingerprint density at radius 2 is 1.88 bits per heavy atom. The average molecular weight is 486 g/mol. The van der Waals surface area contributed by atoms with Gasteiger partial charge in [0.2, 0.25) is 5.91 Å². The third kappa shape index (κ3) is 5.19. The number of amidine groups is 1. The Morgan fingerprint density at radius 1 is 1.12 bits per heavy atom. The molecule has 2 heterocycles. The number of sulfonamides is 1. The van der Waals surface area contributed by atoms with Gasteiger partial charge in [-0.05, 0) is 62.9 Å². The van der Waals surface area contributed by atoms with Crippen LogP contribution in [0.2, 0.25) is 0 Å². The molecule has 2 aromatic rings. The number of carbonyl (C=O) groups is 1. The Hall–Kier alpha value is -3.07. The van der Waals surface area contributed by atoms with Crippen molar-refractivity contribution in [1.29, 1.82) is 0 Å². The van der Waals surface area contributed by atoms with Crippen LogP contribution in [0, 0.1) is 5.92 Å². The van der Waals surface area contributed by atoms with Gasteiger partial charge in [-0.2, -0.15) is 8.42 Å². The van der Waals surface area contributed by atoms with Crippen molar-refractivity contribution in [3.05, 3.63) is 53.6 Å². The molecule has 0 radical (unpaired) electrons. The van der Waals surface area contributed by atoms with Gasteiger partial charge in [-0.1, -0.05) is 18.2 Å². The molecule has 0 aliphatic carbocycles. The zero-order chi connectivity index (χ0) is 24.1. The van der Waals surface area contributed by atoms with Gasteiger partial charge < -0.3 is 19.7 Å². The highest BCUT2D eigenvalue weighted by Gasteiger charge is 2.35. The van der Waals surface area contributed by atoms with Crippen molar-refractivity contribution in [1.82, 2.24) is 10.2 Å². The highest BCUT2D eigenvalue weighted by atomic mass is 32.2. The van der Waals surface area contributed by atoms with E-state index in [1.807, 2.05) is 36.9 Å². The molecule has 2 aromatic carbocycles. The summed E-state index contributed by atoms with van der Waals surface area (Å²) in [6.07, 6.45) is 2.24. The van der Waals surface area contributed by atoms with E-state index in [1.54, 1.807) is 24.3 Å². The number of hydrogen-bond donors (Lipinski definition) is 1. The summed E-state index contributed by atoms with van der Waals surface area (Å²) >= 11 is 0. The van der Waals surface area contributed by atoms with Crippen molar-refractivity contribution in [2.45, 2.75) is 38.0 Å². The summed E-state index contributed by atoms with van der Waals surface area (Å²) in [6.45, 7) is 6.62. The highest BCUT2D eigenvalue weighted by molar-refractivity contribution is 7.90. The largest absolute Gasteiger partial charge is 0.490 e. The van der Waals surface area contributed by atoms with Crippen LogP contribution in [0.15, 0.2) is 51.8 Å². The number of benzene rings is 2. The van der Waals surface area contributed by atoms with E-state index in [-0.39, 0.29) is 16.7 Å². The zero-order valence-electron chi connectivity index (χ0n) is 19.6. The first kappa shape index (κ1) is 24.1. The summed E-state index contributed by atoms with van der Waals surface area (Å²) in [6, 6.07) is 12.7.